The first-order chi connectivity index (χ1) is 9.69. The van der Waals surface area contributed by atoms with Crippen LogP contribution in [0.15, 0.2) is 18.2 Å². The molecule has 3 rings (SSSR count). The van der Waals surface area contributed by atoms with E-state index in [4.69, 9.17) is 10.5 Å². The summed E-state index contributed by atoms with van der Waals surface area (Å²) in [7, 11) is 3.85. The third kappa shape index (κ3) is 2.33. The number of ether oxygens (including phenoxy) is 1. The van der Waals surface area contributed by atoms with Crippen LogP contribution < -0.4 is 10.5 Å². The lowest BCUT2D eigenvalue weighted by atomic mass is 9.98. The maximum absolute atomic E-state index is 6.11. The van der Waals surface area contributed by atoms with E-state index in [1.807, 2.05) is 12.1 Å². The van der Waals surface area contributed by atoms with E-state index >= 15 is 0 Å². The number of methoxy groups -OCH3 is 1. The van der Waals surface area contributed by atoms with Crippen LogP contribution in [0.2, 0.25) is 0 Å². The van der Waals surface area contributed by atoms with E-state index in [9.17, 15) is 0 Å². The van der Waals surface area contributed by atoms with E-state index in [0.29, 0.717) is 11.9 Å². The number of nitrogens with zero attached hydrogens (tertiary/aromatic N) is 3. The molecule has 1 unspecified atom stereocenters. The van der Waals surface area contributed by atoms with Crippen molar-refractivity contribution in [3.05, 3.63) is 18.2 Å². The van der Waals surface area contributed by atoms with E-state index in [1.54, 1.807) is 7.11 Å². The number of hydrogen-bond acceptors (Lipinski definition) is 4. The van der Waals surface area contributed by atoms with Gasteiger partial charge in [-0.25, -0.2) is 4.98 Å². The first kappa shape index (κ1) is 13.2. The molecule has 0 spiro atoms. The van der Waals surface area contributed by atoms with Crippen LogP contribution in [0.4, 0.5) is 5.95 Å². The number of likely N-dealkylation sites (tertiary alicyclic amines) is 1. The third-order valence-electron chi connectivity index (χ3n) is 4.15. The van der Waals surface area contributed by atoms with Gasteiger partial charge in [0.1, 0.15) is 11.3 Å². The lowest BCUT2D eigenvalue weighted by Gasteiger charge is -2.30. The maximum Gasteiger partial charge on any atom is 0.201 e. The summed E-state index contributed by atoms with van der Waals surface area (Å²) in [6.07, 6.45) is 2.52. The van der Waals surface area contributed by atoms with Gasteiger partial charge in [0.05, 0.1) is 12.6 Å². The molecule has 1 aliphatic heterocycles. The van der Waals surface area contributed by atoms with Gasteiger partial charge in [-0.15, -0.1) is 0 Å². The van der Waals surface area contributed by atoms with Crippen molar-refractivity contribution in [1.29, 1.82) is 0 Å². The first-order valence-electron chi connectivity index (χ1n) is 7.16. The molecule has 0 saturated carbocycles. The number of anilines is 1. The molecule has 1 fully saturated rings. The number of hydrogen-bond donors (Lipinski definition) is 1. The van der Waals surface area contributed by atoms with Crippen LogP contribution in [-0.2, 0) is 6.54 Å². The van der Waals surface area contributed by atoms with Crippen molar-refractivity contribution in [1.82, 2.24) is 14.5 Å². The Morgan fingerprint density at radius 1 is 1.45 bits per heavy atom. The topological polar surface area (TPSA) is 56.3 Å². The Morgan fingerprint density at radius 2 is 2.30 bits per heavy atom. The maximum atomic E-state index is 6.11. The van der Waals surface area contributed by atoms with Crippen LogP contribution in [0.3, 0.4) is 0 Å². The van der Waals surface area contributed by atoms with Gasteiger partial charge in [0, 0.05) is 13.1 Å². The van der Waals surface area contributed by atoms with E-state index in [0.717, 1.165) is 29.9 Å². The Bertz CT molecular complexity index is 607. The summed E-state index contributed by atoms with van der Waals surface area (Å²) in [4.78, 5) is 6.86. The van der Waals surface area contributed by atoms with Crippen LogP contribution >= 0.6 is 0 Å². The number of imidazole rings is 1. The molecule has 2 heterocycles. The van der Waals surface area contributed by atoms with Gasteiger partial charge in [0.15, 0.2) is 0 Å². The van der Waals surface area contributed by atoms with Crippen molar-refractivity contribution < 1.29 is 4.74 Å². The van der Waals surface area contributed by atoms with Gasteiger partial charge in [0.25, 0.3) is 0 Å². The molecule has 20 heavy (non-hydrogen) atoms. The Hall–Kier alpha value is -1.75. The quantitative estimate of drug-likeness (QED) is 0.929. The zero-order valence-corrected chi connectivity index (χ0v) is 12.2. The Labute approximate surface area is 119 Å². The summed E-state index contributed by atoms with van der Waals surface area (Å²) in [5, 5.41) is 0. The van der Waals surface area contributed by atoms with Gasteiger partial charge in [-0.2, -0.15) is 0 Å². The number of para-hydroxylation sites is 1. The van der Waals surface area contributed by atoms with Gasteiger partial charge in [0.2, 0.25) is 5.95 Å². The molecule has 1 aromatic carbocycles. The second-order valence-corrected chi connectivity index (χ2v) is 5.68. The predicted octanol–water partition coefficient (Wildman–Crippen LogP) is 1.97. The molecule has 2 aromatic rings. The van der Waals surface area contributed by atoms with Crippen molar-refractivity contribution in [3.63, 3.8) is 0 Å². The minimum atomic E-state index is 0.581. The van der Waals surface area contributed by atoms with E-state index < -0.39 is 0 Å². The molecule has 0 aliphatic carbocycles. The molecule has 1 aliphatic rings. The van der Waals surface area contributed by atoms with E-state index in [2.05, 4.69) is 27.6 Å². The summed E-state index contributed by atoms with van der Waals surface area (Å²) in [5.41, 5.74) is 8.03. The van der Waals surface area contributed by atoms with Crippen molar-refractivity contribution in [2.24, 2.45) is 5.92 Å². The third-order valence-corrected chi connectivity index (χ3v) is 4.15. The Morgan fingerprint density at radius 3 is 3.05 bits per heavy atom. The molecule has 0 radical (unpaired) electrons. The van der Waals surface area contributed by atoms with E-state index in [1.165, 1.54) is 19.4 Å². The molecule has 0 bridgehead atoms. The number of benzene rings is 1. The first-order valence-corrected chi connectivity index (χ1v) is 7.16. The number of nitrogens with two attached hydrogens (primary N) is 1. The predicted molar refractivity (Wildman–Crippen MR) is 80.9 cm³/mol. The minimum absolute atomic E-state index is 0.581. The van der Waals surface area contributed by atoms with Crippen molar-refractivity contribution in [2.75, 3.05) is 33.0 Å². The summed E-state index contributed by atoms with van der Waals surface area (Å²) >= 11 is 0. The fourth-order valence-corrected chi connectivity index (χ4v) is 3.18. The fraction of sp³-hybridized carbons (Fsp3) is 0.533. The molecular formula is C15H22N4O. The van der Waals surface area contributed by atoms with Crippen LogP contribution in [-0.4, -0.2) is 41.7 Å². The monoisotopic (exact) mass is 274 g/mol. The summed E-state index contributed by atoms with van der Waals surface area (Å²) in [5.74, 6) is 2.01. The highest BCUT2D eigenvalue weighted by molar-refractivity contribution is 5.84. The van der Waals surface area contributed by atoms with Crippen LogP contribution in [0.25, 0.3) is 11.0 Å². The van der Waals surface area contributed by atoms with Gasteiger partial charge < -0.3 is 19.9 Å². The summed E-state index contributed by atoms with van der Waals surface area (Å²) in [6, 6.07) is 5.98. The second-order valence-electron chi connectivity index (χ2n) is 5.68. The lowest BCUT2D eigenvalue weighted by Crippen LogP contribution is -2.34. The zero-order valence-electron chi connectivity index (χ0n) is 12.2. The van der Waals surface area contributed by atoms with E-state index in [-0.39, 0.29) is 0 Å². The largest absolute Gasteiger partial charge is 0.494 e. The lowest BCUT2D eigenvalue weighted by molar-refractivity contribution is 0.196. The summed E-state index contributed by atoms with van der Waals surface area (Å²) in [6.45, 7) is 3.26. The van der Waals surface area contributed by atoms with Crippen molar-refractivity contribution >= 4 is 17.0 Å². The van der Waals surface area contributed by atoms with Gasteiger partial charge >= 0.3 is 0 Å². The average molecular weight is 274 g/mol. The Kier molecular flexibility index (Phi) is 3.53. The number of rotatable bonds is 3. The average Bonchev–Trinajstić information content (AvgIpc) is 2.75. The van der Waals surface area contributed by atoms with Gasteiger partial charge in [-0.3, -0.25) is 0 Å². The molecular weight excluding hydrogens is 252 g/mol. The molecule has 1 saturated heterocycles. The smallest absolute Gasteiger partial charge is 0.201 e. The normalized spacial score (nSPS) is 20.4. The zero-order chi connectivity index (χ0) is 14.1. The van der Waals surface area contributed by atoms with Crippen LogP contribution in [0.1, 0.15) is 12.8 Å². The highest BCUT2D eigenvalue weighted by atomic mass is 16.5. The molecule has 2 N–H and O–H groups in total. The summed E-state index contributed by atoms with van der Waals surface area (Å²) < 4.78 is 7.49. The second kappa shape index (κ2) is 5.32. The highest BCUT2D eigenvalue weighted by Crippen LogP contribution is 2.28. The van der Waals surface area contributed by atoms with Gasteiger partial charge in [-0.05, 0) is 44.5 Å². The Balaban J connectivity index is 1.93. The molecule has 5 nitrogen and oxygen atoms in total. The molecule has 5 heteroatoms. The SMILES string of the molecule is COc1cccc2c1nc(N)n2CC1CCCN(C)C1. The number of aromatic nitrogens is 2. The number of nitrogen functional groups attached to an aromatic ring is 1. The molecule has 0 amide bonds. The molecule has 1 aromatic heterocycles. The highest BCUT2D eigenvalue weighted by Gasteiger charge is 2.20. The number of piperidine rings is 1. The molecule has 1 atom stereocenters. The number of fused-ring (bicyclic) bond motifs is 1. The van der Waals surface area contributed by atoms with Crippen molar-refractivity contribution in [3.8, 4) is 5.75 Å². The van der Waals surface area contributed by atoms with Crippen LogP contribution in [0, 0.1) is 5.92 Å². The standard InChI is InChI=1S/C15H22N4O/c1-18-8-4-5-11(9-18)10-19-12-6-3-7-13(20-2)14(12)17-15(19)16/h3,6-7,11H,4-5,8-10H2,1-2H3,(H2,16,17). The van der Waals surface area contributed by atoms with Gasteiger partial charge in [-0.1, -0.05) is 6.07 Å². The fourth-order valence-electron chi connectivity index (χ4n) is 3.18. The van der Waals surface area contributed by atoms with Crippen molar-refractivity contribution in [2.45, 2.75) is 19.4 Å². The van der Waals surface area contributed by atoms with Crippen LogP contribution in [0.5, 0.6) is 5.75 Å². The minimum Gasteiger partial charge on any atom is -0.494 e. The molecule has 108 valence electrons.